The molecule has 178 valence electrons. The van der Waals surface area contributed by atoms with Crippen molar-refractivity contribution in [2.24, 2.45) is 5.14 Å². The number of carbonyl (C=O) groups excluding carboxylic acids is 1. The van der Waals surface area contributed by atoms with E-state index >= 15 is 0 Å². The van der Waals surface area contributed by atoms with Crippen molar-refractivity contribution in [1.82, 2.24) is 9.55 Å². The highest BCUT2D eigenvalue weighted by Gasteiger charge is 2.18. The van der Waals surface area contributed by atoms with Crippen LogP contribution in [0, 0.1) is 0 Å². The van der Waals surface area contributed by atoms with Crippen molar-refractivity contribution >= 4 is 27.0 Å². The molecule has 0 aliphatic heterocycles. The highest BCUT2D eigenvalue weighted by Crippen LogP contribution is 2.29. The van der Waals surface area contributed by atoms with Gasteiger partial charge in [-0.2, -0.15) is 0 Å². The molecule has 10 heteroatoms. The monoisotopic (exact) mass is 475 g/mol. The summed E-state index contributed by atoms with van der Waals surface area (Å²) in [5, 5.41) is 5.25. The van der Waals surface area contributed by atoms with Crippen molar-refractivity contribution in [2.45, 2.75) is 57.8 Å². The number of hydrogen-bond donors (Lipinski definition) is 1. The lowest BCUT2D eigenvalue weighted by atomic mass is 10.2. The van der Waals surface area contributed by atoms with Gasteiger partial charge in [-0.15, -0.1) is 0 Å². The van der Waals surface area contributed by atoms with Crippen LogP contribution in [0.2, 0.25) is 0 Å². The molecule has 0 saturated heterocycles. The van der Waals surface area contributed by atoms with Gasteiger partial charge in [0, 0.05) is 6.54 Å². The quantitative estimate of drug-likeness (QED) is 0.444. The molecular formula is C23H29N3O6S. The Balaban J connectivity index is 1.85. The van der Waals surface area contributed by atoms with E-state index in [1.54, 1.807) is 24.3 Å². The van der Waals surface area contributed by atoms with E-state index < -0.39 is 16.0 Å². The molecule has 0 bridgehead atoms. The molecule has 0 amide bonds. The predicted molar refractivity (Wildman–Crippen MR) is 124 cm³/mol. The van der Waals surface area contributed by atoms with Crippen molar-refractivity contribution in [3.05, 3.63) is 47.8 Å². The number of aromatic nitrogens is 2. The van der Waals surface area contributed by atoms with E-state index in [0.29, 0.717) is 34.9 Å². The van der Waals surface area contributed by atoms with E-state index in [4.69, 9.17) is 19.3 Å². The number of hydrogen-bond acceptors (Lipinski definition) is 7. The van der Waals surface area contributed by atoms with Crippen molar-refractivity contribution in [2.75, 3.05) is 7.11 Å². The fourth-order valence-electron chi connectivity index (χ4n) is 3.37. The number of rotatable bonds is 10. The van der Waals surface area contributed by atoms with Crippen LogP contribution in [-0.2, 0) is 27.9 Å². The molecule has 0 saturated carbocycles. The van der Waals surface area contributed by atoms with Crippen LogP contribution in [0.1, 0.15) is 49.8 Å². The van der Waals surface area contributed by atoms with Crippen LogP contribution < -0.4 is 14.6 Å². The predicted octanol–water partition coefficient (Wildman–Crippen LogP) is 3.64. The Bertz CT molecular complexity index is 1250. The first-order chi connectivity index (χ1) is 15.6. The standard InChI is InChI=1S/C23H29N3O6S/c1-5-6-11-26-19-9-8-17(33(24,28)29)13-18(19)25-22(26)14-31-23(27)16-7-10-20(32-15(2)3)21(12-16)30-4/h7-10,12-13,15H,5-6,11,14H2,1-4H3,(H2,24,28,29). The van der Waals surface area contributed by atoms with Crippen LogP contribution in [0.25, 0.3) is 11.0 Å². The number of benzene rings is 2. The van der Waals surface area contributed by atoms with Gasteiger partial charge in [-0.25, -0.2) is 23.3 Å². The van der Waals surface area contributed by atoms with Crippen LogP contribution in [-0.4, -0.2) is 37.2 Å². The van der Waals surface area contributed by atoms with Crippen molar-refractivity contribution < 1.29 is 27.4 Å². The smallest absolute Gasteiger partial charge is 0.338 e. The van der Waals surface area contributed by atoms with Gasteiger partial charge in [0.25, 0.3) is 0 Å². The molecule has 3 aromatic rings. The van der Waals surface area contributed by atoms with Gasteiger partial charge in [0.1, 0.15) is 12.4 Å². The molecule has 1 heterocycles. The van der Waals surface area contributed by atoms with E-state index in [0.717, 1.165) is 18.4 Å². The number of ether oxygens (including phenoxy) is 3. The Morgan fingerprint density at radius 2 is 1.91 bits per heavy atom. The fourth-order valence-corrected chi connectivity index (χ4v) is 3.91. The average molecular weight is 476 g/mol. The maximum atomic E-state index is 12.7. The first kappa shape index (κ1) is 24.5. The molecule has 0 atom stereocenters. The lowest BCUT2D eigenvalue weighted by Gasteiger charge is -2.14. The minimum Gasteiger partial charge on any atom is -0.493 e. The van der Waals surface area contributed by atoms with Crippen LogP contribution in [0.5, 0.6) is 11.5 Å². The molecule has 0 spiro atoms. The SMILES string of the molecule is CCCCn1c(COC(=O)c2ccc(OC(C)C)c(OC)c2)nc2cc(S(N)(=O)=O)ccc21. The fraction of sp³-hybridized carbons (Fsp3) is 0.391. The zero-order chi connectivity index (χ0) is 24.2. The van der Waals surface area contributed by atoms with Gasteiger partial charge in [0.2, 0.25) is 10.0 Å². The van der Waals surface area contributed by atoms with Gasteiger partial charge in [-0.3, -0.25) is 0 Å². The number of primary sulfonamides is 1. The maximum Gasteiger partial charge on any atom is 0.338 e. The summed E-state index contributed by atoms with van der Waals surface area (Å²) in [6.45, 7) is 6.45. The van der Waals surface area contributed by atoms with Gasteiger partial charge in [0.05, 0.1) is 34.7 Å². The highest BCUT2D eigenvalue weighted by molar-refractivity contribution is 7.89. The largest absolute Gasteiger partial charge is 0.493 e. The number of fused-ring (bicyclic) bond motifs is 1. The van der Waals surface area contributed by atoms with E-state index in [1.807, 2.05) is 18.4 Å². The number of carbonyl (C=O) groups is 1. The van der Waals surface area contributed by atoms with Gasteiger partial charge in [0.15, 0.2) is 11.5 Å². The minimum atomic E-state index is -3.85. The number of nitrogens with zero attached hydrogens (tertiary/aromatic N) is 2. The first-order valence-corrected chi connectivity index (χ1v) is 12.2. The third kappa shape index (κ3) is 5.82. The topological polar surface area (TPSA) is 123 Å². The Hall–Kier alpha value is -3.11. The number of methoxy groups -OCH3 is 1. The van der Waals surface area contributed by atoms with Crippen molar-refractivity contribution in [3.63, 3.8) is 0 Å². The zero-order valence-corrected chi connectivity index (χ0v) is 20.0. The van der Waals surface area contributed by atoms with Crippen LogP contribution in [0.15, 0.2) is 41.3 Å². The summed E-state index contributed by atoms with van der Waals surface area (Å²) in [5.41, 5.74) is 1.54. The molecule has 0 unspecified atom stereocenters. The second kappa shape index (κ2) is 10.2. The number of esters is 1. The van der Waals surface area contributed by atoms with E-state index in [9.17, 15) is 13.2 Å². The normalized spacial score (nSPS) is 11.7. The summed E-state index contributed by atoms with van der Waals surface area (Å²) in [5.74, 6) is 0.953. The molecule has 9 nitrogen and oxygen atoms in total. The summed E-state index contributed by atoms with van der Waals surface area (Å²) in [4.78, 5) is 17.2. The molecule has 0 aliphatic rings. The lowest BCUT2D eigenvalue weighted by Crippen LogP contribution is -2.12. The summed E-state index contributed by atoms with van der Waals surface area (Å²) >= 11 is 0. The zero-order valence-electron chi connectivity index (χ0n) is 19.2. The Morgan fingerprint density at radius 1 is 1.15 bits per heavy atom. The van der Waals surface area contributed by atoms with Crippen molar-refractivity contribution in [1.29, 1.82) is 0 Å². The molecule has 2 aromatic carbocycles. The summed E-state index contributed by atoms with van der Waals surface area (Å²) in [6.07, 6.45) is 1.80. The molecular weight excluding hydrogens is 446 g/mol. The average Bonchev–Trinajstić information content (AvgIpc) is 3.11. The molecule has 1 aromatic heterocycles. The second-order valence-corrected chi connectivity index (χ2v) is 9.40. The third-order valence-electron chi connectivity index (χ3n) is 4.96. The number of nitrogens with two attached hydrogens (primary N) is 1. The van der Waals surface area contributed by atoms with Crippen LogP contribution in [0.3, 0.4) is 0 Å². The van der Waals surface area contributed by atoms with Crippen LogP contribution in [0.4, 0.5) is 0 Å². The Labute approximate surface area is 193 Å². The Kier molecular flexibility index (Phi) is 7.60. The molecule has 0 aliphatic carbocycles. The lowest BCUT2D eigenvalue weighted by molar-refractivity contribution is 0.0458. The molecule has 3 rings (SSSR count). The summed E-state index contributed by atoms with van der Waals surface area (Å²) in [7, 11) is -2.35. The number of sulfonamides is 1. The highest BCUT2D eigenvalue weighted by atomic mass is 32.2. The number of aryl methyl sites for hydroxylation is 1. The summed E-state index contributed by atoms with van der Waals surface area (Å²) in [6, 6.07) is 9.39. The third-order valence-corrected chi connectivity index (χ3v) is 5.87. The van der Waals surface area contributed by atoms with E-state index in [2.05, 4.69) is 11.9 Å². The Morgan fingerprint density at radius 3 is 2.55 bits per heavy atom. The van der Waals surface area contributed by atoms with Gasteiger partial charge < -0.3 is 18.8 Å². The molecule has 0 radical (unpaired) electrons. The van der Waals surface area contributed by atoms with Crippen molar-refractivity contribution in [3.8, 4) is 11.5 Å². The molecule has 33 heavy (non-hydrogen) atoms. The van der Waals surface area contributed by atoms with Gasteiger partial charge >= 0.3 is 5.97 Å². The van der Waals surface area contributed by atoms with Gasteiger partial charge in [-0.05, 0) is 56.7 Å². The summed E-state index contributed by atoms with van der Waals surface area (Å²) < 4.78 is 41.9. The first-order valence-electron chi connectivity index (χ1n) is 10.7. The van der Waals surface area contributed by atoms with E-state index in [1.165, 1.54) is 19.2 Å². The van der Waals surface area contributed by atoms with Gasteiger partial charge in [-0.1, -0.05) is 13.3 Å². The maximum absolute atomic E-state index is 12.7. The second-order valence-electron chi connectivity index (χ2n) is 7.84. The molecule has 2 N–H and O–H groups in total. The van der Waals surface area contributed by atoms with E-state index in [-0.39, 0.29) is 17.6 Å². The number of unbranched alkanes of at least 4 members (excludes halogenated alkanes) is 1. The number of imidazole rings is 1. The van der Waals surface area contributed by atoms with Crippen LogP contribution >= 0.6 is 0 Å². The minimum absolute atomic E-state index is 0.0190. The molecule has 0 fully saturated rings.